The summed E-state index contributed by atoms with van der Waals surface area (Å²) in [5.74, 6) is -0.387. The van der Waals surface area contributed by atoms with Crippen LogP contribution < -0.4 is 10.9 Å². The Kier molecular flexibility index (Phi) is 5.03. The van der Waals surface area contributed by atoms with E-state index in [-0.39, 0.29) is 11.7 Å². The number of carbonyl (C=O) groups excluding carboxylic acids is 2. The normalized spacial score (nSPS) is 11.1. The fraction of sp³-hybridized carbons (Fsp3) is 0.200. The molecule has 0 radical (unpaired) electrons. The van der Waals surface area contributed by atoms with Crippen molar-refractivity contribution in [1.82, 2.24) is 25.6 Å². The van der Waals surface area contributed by atoms with E-state index in [1.807, 2.05) is 60.7 Å². The Morgan fingerprint density at radius 1 is 0.889 bits per heavy atom. The van der Waals surface area contributed by atoms with Crippen LogP contribution in [-0.4, -0.2) is 26.6 Å². The summed E-state index contributed by atoms with van der Waals surface area (Å²) in [6.07, 6.45) is 0. The molecule has 0 aliphatic carbocycles. The van der Waals surface area contributed by atoms with E-state index in [0.717, 1.165) is 11.3 Å². The van der Waals surface area contributed by atoms with Gasteiger partial charge in [-0.25, -0.2) is 9.67 Å². The second-order valence-corrected chi connectivity index (χ2v) is 7.03. The van der Waals surface area contributed by atoms with Gasteiger partial charge < -0.3 is 0 Å². The van der Waals surface area contributed by atoms with Crippen molar-refractivity contribution in [1.29, 1.82) is 0 Å². The van der Waals surface area contributed by atoms with Crippen LogP contribution >= 0.6 is 0 Å². The molecule has 0 fully saturated rings. The molecule has 0 bridgehead atoms. The zero-order valence-corrected chi connectivity index (χ0v) is 15.4. The van der Waals surface area contributed by atoms with Crippen LogP contribution in [0.1, 0.15) is 31.4 Å². The van der Waals surface area contributed by atoms with E-state index < -0.39 is 11.3 Å². The predicted octanol–water partition coefficient (Wildman–Crippen LogP) is 2.74. The summed E-state index contributed by atoms with van der Waals surface area (Å²) in [5, 5.41) is 4.34. The maximum Gasteiger partial charge on any atom is 0.309 e. The second-order valence-electron chi connectivity index (χ2n) is 7.03. The van der Waals surface area contributed by atoms with Gasteiger partial charge in [0.25, 0.3) is 0 Å². The van der Waals surface area contributed by atoms with E-state index in [0.29, 0.717) is 5.82 Å². The number of benzene rings is 2. The summed E-state index contributed by atoms with van der Waals surface area (Å²) in [6, 6.07) is 18.9. The van der Waals surface area contributed by atoms with Gasteiger partial charge in [0, 0.05) is 11.0 Å². The van der Waals surface area contributed by atoms with Gasteiger partial charge >= 0.3 is 5.91 Å². The number of hydrogen-bond acceptors (Lipinski definition) is 4. The number of amides is 2. The lowest BCUT2D eigenvalue weighted by atomic mass is 9.96. The maximum absolute atomic E-state index is 12.4. The van der Waals surface area contributed by atoms with Crippen LogP contribution in [0.2, 0.25) is 0 Å². The number of rotatable bonds is 3. The summed E-state index contributed by atoms with van der Waals surface area (Å²) >= 11 is 0. The molecule has 1 aromatic heterocycles. The molecule has 2 aromatic carbocycles. The van der Waals surface area contributed by atoms with E-state index in [4.69, 9.17) is 0 Å². The highest BCUT2D eigenvalue weighted by molar-refractivity contribution is 5.93. The highest BCUT2D eigenvalue weighted by Crippen LogP contribution is 2.21. The van der Waals surface area contributed by atoms with E-state index in [1.54, 1.807) is 25.5 Å². The van der Waals surface area contributed by atoms with Crippen LogP contribution in [0.25, 0.3) is 17.1 Å². The third kappa shape index (κ3) is 4.20. The predicted molar refractivity (Wildman–Crippen MR) is 102 cm³/mol. The van der Waals surface area contributed by atoms with E-state index in [1.165, 1.54) is 0 Å². The first kappa shape index (κ1) is 18.3. The molecular formula is C20H21N5O2. The molecule has 0 saturated carbocycles. The van der Waals surface area contributed by atoms with Crippen molar-refractivity contribution in [2.75, 3.05) is 0 Å². The van der Waals surface area contributed by atoms with Gasteiger partial charge in [-0.1, -0.05) is 69.3 Å². The van der Waals surface area contributed by atoms with Crippen LogP contribution in [0.3, 0.4) is 0 Å². The standard InChI is InChI=1S/C20H21N5O2/c1-20(2,3)19(27)23-22-18(26)16-21-17(14-10-6-4-7-11-14)25(24-16)15-12-8-5-9-13-15/h4-13H,1-3H3,(H,22,26)(H,23,27). The molecule has 27 heavy (non-hydrogen) atoms. The van der Waals surface area contributed by atoms with Gasteiger partial charge in [0.15, 0.2) is 5.82 Å². The smallest absolute Gasteiger partial charge is 0.273 e. The van der Waals surface area contributed by atoms with E-state index in [2.05, 4.69) is 20.9 Å². The number of nitrogens with one attached hydrogen (secondary N) is 2. The van der Waals surface area contributed by atoms with Crippen LogP contribution in [0, 0.1) is 5.41 Å². The molecule has 0 saturated heterocycles. The van der Waals surface area contributed by atoms with Gasteiger partial charge in [-0.2, -0.15) is 0 Å². The molecule has 0 unspecified atom stereocenters. The molecule has 138 valence electrons. The molecule has 1 heterocycles. The highest BCUT2D eigenvalue weighted by Gasteiger charge is 2.23. The Morgan fingerprint density at radius 2 is 1.48 bits per heavy atom. The Bertz CT molecular complexity index is 887. The van der Waals surface area contributed by atoms with Crippen molar-refractivity contribution in [3.8, 4) is 17.1 Å². The monoisotopic (exact) mass is 363 g/mol. The third-order valence-corrected chi connectivity index (χ3v) is 3.81. The number of hydrazine groups is 1. The Morgan fingerprint density at radius 3 is 2.07 bits per heavy atom. The average Bonchev–Trinajstić information content (AvgIpc) is 3.12. The second kappa shape index (κ2) is 7.41. The fourth-order valence-corrected chi connectivity index (χ4v) is 2.29. The number of para-hydroxylation sites is 1. The molecule has 0 aliphatic rings. The lowest BCUT2D eigenvalue weighted by Gasteiger charge is -2.17. The van der Waals surface area contributed by atoms with Crippen molar-refractivity contribution in [3.05, 3.63) is 66.5 Å². The molecule has 2 amide bonds. The summed E-state index contributed by atoms with van der Waals surface area (Å²) < 4.78 is 1.61. The van der Waals surface area contributed by atoms with Crippen LogP contribution in [0.5, 0.6) is 0 Å². The number of hydrogen-bond donors (Lipinski definition) is 2. The van der Waals surface area contributed by atoms with Gasteiger partial charge in [-0.3, -0.25) is 20.4 Å². The quantitative estimate of drug-likeness (QED) is 0.700. The molecule has 3 aromatic rings. The molecule has 7 heteroatoms. The Balaban J connectivity index is 1.92. The molecule has 0 atom stereocenters. The highest BCUT2D eigenvalue weighted by atomic mass is 16.2. The zero-order valence-electron chi connectivity index (χ0n) is 15.4. The first-order chi connectivity index (χ1) is 12.9. The lowest BCUT2D eigenvalue weighted by molar-refractivity contribution is -0.129. The molecule has 3 rings (SSSR count). The first-order valence-electron chi connectivity index (χ1n) is 8.55. The van der Waals surface area contributed by atoms with Gasteiger partial charge in [0.2, 0.25) is 11.7 Å². The number of carbonyl (C=O) groups is 2. The van der Waals surface area contributed by atoms with Gasteiger partial charge in [0.05, 0.1) is 5.69 Å². The molecule has 2 N–H and O–H groups in total. The molecule has 7 nitrogen and oxygen atoms in total. The van der Waals surface area contributed by atoms with Gasteiger partial charge in [-0.05, 0) is 12.1 Å². The Hall–Kier alpha value is -3.48. The minimum absolute atomic E-state index is 0.0353. The lowest BCUT2D eigenvalue weighted by Crippen LogP contribution is -2.46. The van der Waals surface area contributed by atoms with E-state index >= 15 is 0 Å². The zero-order chi connectivity index (χ0) is 19.4. The van der Waals surface area contributed by atoms with Crippen molar-refractivity contribution < 1.29 is 9.59 Å². The maximum atomic E-state index is 12.4. The van der Waals surface area contributed by atoms with Crippen molar-refractivity contribution in [2.45, 2.75) is 20.8 Å². The fourth-order valence-electron chi connectivity index (χ4n) is 2.29. The summed E-state index contributed by atoms with van der Waals surface area (Å²) in [4.78, 5) is 28.8. The molecule has 0 aliphatic heterocycles. The van der Waals surface area contributed by atoms with Crippen LogP contribution in [0.15, 0.2) is 60.7 Å². The van der Waals surface area contributed by atoms with Gasteiger partial charge in [0.1, 0.15) is 0 Å². The van der Waals surface area contributed by atoms with Crippen molar-refractivity contribution >= 4 is 11.8 Å². The third-order valence-electron chi connectivity index (χ3n) is 3.81. The van der Waals surface area contributed by atoms with Crippen LogP contribution in [-0.2, 0) is 4.79 Å². The average molecular weight is 363 g/mol. The van der Waals surface area contributed by atoms with Crippen molar-refractivity contribution in [2.24, 2.45) is 5.41 Å². The molecular weight excluding hydrogens is 342 g/mol. The SMILES string of the molecule is CC(C)(C)C(=O)NNC(=O)c1nc(-c2ccccc2)n(-c2ccccc2)n1. The minimum atomic E-state index is -0.626. The van der Waals surface area contributed by atoms with Gasteiger partial charge in [-0.15, -0.1) is 5.10 Å². The summed E-state index contributed by atoms with van der Waals surface area (Å²) in [6.45, 7) is 5.26. The van der Waals surface area contributed by atoms with Crippen LogP contribution in [0.4, 0.5) is 0 Å². The topological polar surface area (TPSA) is 88.9 Å². The summed E-state index contributed by atoms with van der Waals surface area (Å²) in [7, 11) is 0. The van der Waals surface area contributed by atoms with E-state index in [9.17, 15) is 9.59 Å². The first-order valence-corrected chi connectivity index (χ1v) is 8.55. The minimum Gasteiger partial charge on any atom is -0.273 e. The van der Waals surface area contributed by atoms with Crippen molar-refractivity contribution in [3.63, 3.8) is 0 Å². The summed E-state index contributed by atoms with van der Waals surface area (Å²) in [5.41, 5.74) is 5.75. The number of nitrogens with zero attached hydrogens (tertiary/aromatic N) is 3. The molecule has 0 spiro atoms. The largest absolute Gasteiger partial charge is 0.309 e. The Labute approximate surface area is 157 Å². The number of aromatic nitrogens is 3.